The van der Waals surface area contributed by atoms with Crippen molar-refractivity contribution in [3.8, 4) is 0 Å². The van der Waals surface area contributed by atoms with Gasteiger partial charge in [0.2, 0.25) is 0 Å². The van der Waals surface area contributed by atoms with Crippen LogP contribution in [0.4, 0.5) is 5.69 Å². The Kier molecular flexibility index (Phi) is 3.36. The van der Waals surface area contributed by atoms with E-state index in [1.54, 1.807) is 12.5 Å². The molecule has 0 aliphatic heterocycles. The van der Waals surface area contributed by atoms with Gasteiger partial charge in [0.1, 0.15) is 12.2 Å². The Morgan fingerprint density at radius 2 is 2.05 bits per heavy atom. The average molecular weight is 249 g/mol. The van der Waals surface area contributed by atoms with Crippen molar-refractivity contribution < 1.29 is 0 Å². The fourth-order valence-corrected chi connectivity index (χ4v) is 2.09. The van der Waals surface area contributed by atoms with Gasteiger partial charge >= 0.3 is 0 Å². The van der Waals surface area contributed by atoms with Crippen molar-refractivity contribution in [3.05, 3.63) is 72.9 Å². The monoisotopic (exact) mass is 249 g/mol. The summed E-state index contributed by atoms with van der Waals surface area (Å²) in [6.45, 7) is 0. The lowest BCUT2D eigenvalue weighted by molar-refractivity contribution is 1.07. The lowest BCUT2D eigenvalue weighted by Crippen LogP contribution is -2.13. The van der Waals surface area contributed by atoms with Crippen molar-refractivity contribution in [3.63, 3.8) is 0 Å². The van der Waals surface area contributed by atoms with Crippen molar-refractivity contribution in [2.75, 3.05) is 0 Å². The number of benzene rings is 1. The Hall–Kier alpha value is -2.42. The molecule has 1 aliphatic rings. The Morgan fingerprint density at radius 1 is 1.16 bits per heavy atom. The summed E-state index contributed by atoms with van der Waals surface area (Å²) in [6.07, 6.45) is 14.0. The van der Waals surface area contributed by atoms with E-state index in [2.05, 4.69) is 23.2 Å². The molecule has 0 atom stereocenters. The molecular weight excluding hydrogens is 234 g/mol. The summed E-state index contributed by atoms with van der Waals surface area (Å²) in [5, 5.41) is 0. The third-order valence-corrected chi connectivity index (χ3v) is 3.03. The summed E-state index contributed by atoms with van der Waals surface area (Å²) in [7, 11) is 0. The maximum atomic E-state index is 4.76. The molecule has 1 aromatic carbocycles. The molecule has 0 N–H and O–H groups in total. The molecule has 1 heterocycles. The number of aliphatic imine (C=N–C) groups is 1. The van der Waals surface area contributed by atoms with Gasteiger partial charge in [-0.25, -0.2) is 9.98 Å². The van der Waals surface area contributed by atoms with Crippen LogP contribution in [0.15, 0.2) is 77.8 Å². The molecule has 19 heavy (non-hydrogen) atoms. The van der Waals surface area contributed by atoms with Gasteiger partial charge in [0, 0.05) is 12.4 Å². The topological polar surface area (TPSA) is 30.2 Å². The highest BCUT2D eigenvalue weighted by atomic mass is 15.1. The molecule has 0 radical (unpaired) electrons. The van der Waals surface area contributed by atoms with Crippen molar-refractivity contribution >= 4 is 11.5 Å². The Bertz CT molecular complexity index is 619. The van der Waals surface area contributed by atoms with E-state index in [0.29, 0.717) is 0 Å². The second kappa shape index (κ2) is 5.48. The van der Waals surface area contributed by atoms with Crippen LogP contribution in [0.5, 0.6) is 0 Å². The summed E-state index contributed by atoms with van der Waals surface area (Å²) in [6, 6.07) is 10.0. The second-order valence-corrected chi connectivity index (χ2v) is 4.38. The minimum Gasteiger partial charge on any atom is -0.290 e. The largest absolute Gasteiger partial charge is 0.290 e. The van der Waals surface area contributed by atoms with Crippen LogP contribution in [-0.4, -0.2) is 15.4 Å². The van der Waals surface area contributed by atoms with Gasteiger partial charge in [0.05, 0.1) is 5.69 Å². The molecule has 3 nitrogen and oxygen atoms in total. The first-order valence-electron chi connectivity index (χ1n) is 6.40. The van der Waals surface area contributed by atoms with E-state index in [0.717, 1.165) is 24.4 Å². The van der Waals surface area contributed by atoms with Crippen LogP contribution in [0.2, 0.25) is 0 Å². The van der Waals surface area contributed by atoms with E-state index in [4.69, 9.17) is 4.99 Å². The Morgan fingerprint density at radius 3 is 2.74 bits per heavy atom. The average Bonchev–Trinajstić information content (AvgIpc) is 3.01. The number of para-hydroxylation sites is 1. The van der Waals surface area contributed by atoms with Crippen LogP contribution in [0, 0.1) is 0 Å². The first kappa shape index (κ1) is 11.7. The number of allylic oxidation sites excluding steroid dienone is 4. The van der Waals surface area contributed by atoms with Gasteiger partial charge in [0.25, 0.3) is 0 Å². The molecular formula is C16H15N3. The van der Waals surface area contributed by atoms with Crippen molar-refractivity contribution in [2.45, 2.75) is 12.8 Å². The molecule has 0 saturated carbocycles. The third kappa shape index (κ3) is 2.71. The number of hydrogen-bond donors (Lipinski definition) is 0. The highest BCUT2D eigenvalue weighted by Gasteiger charge is 2.10. The van der Waals surface area contributed by atoms with E-state index in [1.807, 2.05) is 41.1 Å². The van der Waals surface area contributed by atoms with Crippen LogP contribution in [-0.2, 0) is 0 Å². The molecule has 1 aromatic heterocycles. The van der Waals surface area contributed by atoms with Crippen molar-refractivity contribution in [2.24, 2.45) is 4.99 Å². The van der Waals surface area contributed by atoms with E-state index in [-0.39, 0.29) is 0 Å². The summed E-state index contributed by atoms with van der Waals surface area (Å²) in [5.41, 5.74) is 2.20. The summed E-state index contributed by atoms with van der Waals surface area (Å²) in [5.74, 6) is 0.952. The van der Waals surface area contributed by atoms with Crippen molar-refractivity contribution in [1.82, 2.24) is 9.55 Å². The lowest BCUT2D eigenvalue weighted by Gasteiger charge is -2.12. The molecule has 3 rings (SSSR count). The first-order valence-corrected chi connectivity index (χ1v) is 6.40. The maximum absolute atomic E-state index is 4.76. The molecule has 0 spiro atoms. The molecule has 1 aliphatic carbocycles. The van der Waals surface area contributed by atoms with Crippen LogP contribution in [0.25, 0.3) is 0 Å². The highest BCUT2D eigenvalue weighted by molar-refractivity contribution is 6.01. The Balaban J connectivity index is 2.02. The number of nitrogens with zero attached hydrogens (tertiary/aromatic N) is 3. The third-order valence-electron chi connectivity index (χ3n) is 3.03. The van der Waals surface area contributed by atoms with Gasteiger partial charge in [-0.15, -0.1) is 0 Å². The quantitative estimate of drug-likeness (QED) is 0.453. The molecule has 94 valence electrons. The van der Waals surface area contributed by atoms with E-state index < -0.39 is 0 Å². The van der Waals surface area contributed by atoms with E-state index >= 15 is 0 Å². The van der Waals surface area contributed by atoms with Crippen LogP contribution in [0.3, 0.4) is 0 Å². The summed E-state index contributed by atoms with van der Waals surface area (Å²) >= 11 is 0. The van der Waals surface area contributed by atoms with Gasteiger partial charge in [-0.05, 0) is 30.5 Å². The summed E-state index contributed by atoms with van der Waals surface area (Å²) < 4.78 is 1.97. The first-order chi connectivity index (χ1) is 9.43. The predicted octanol–water partition coefficient (Wildman–Crippen LogP) is 3.74. The predicted molar refractivity (Wildman–Crippen MR) is 77.6 cm³/mol. The standard InChI is InChI=1S/C16H15N3/c1-3-7-14(8-4-1)16(19-12-11-17-13-19)18-15-9-5-2-6-10-15/h1-3,5-6,8-13H,4,7H2. The van der Waals surface area contributed by atoms with Crippen LogP contribution in [0.1, 0.15) is 12.8 Å². The van der Waals surface area contributed by atoms with Crippen LogP contribution >= 0.6 is 0 Å². The fraction of sp³-hybridized carbons (Fsp3) is 0.125. The molecule has 0 bridgehead atoms. The van der Waals surface area contributed by atoms with Crippen LogP contribution < -0.4 is 0 Å². The molecule has 0 fully saturated rings. The molecule has 3 heteroatoms. The number of hydrogen-bond acceptors (Lipinski definition) is 2. The lowest BCUT2D eigenvalue weighted by atomic mass is 10.0. The molecule has 0 saturated heterocycles. The van der Waals surface area contributed by atoms with E-state index in [9.17, 15) is 0 Å². The zero-order chi connectivity index (χ0) is 12.9. The van der Waals surface area contributed by atoms with Gasteiger partial charge in [0.15, 0.2) is 0 Å². The molecule has 0 amide bonds. The number of imidazole rings is 1. The fourth-order valence-electron chi connectivity index (χ4n) is 2.09. The Labute approximate surface area is 112 Å². The zero-order valence-electron chi connectivity index (χ0n) is 10.6. The second-order valence-electron chi connectivity index (χ2n) is 4.38. The normalized spacial score (nSPS) is 15.4. The van der Waals surface area contributed by atoms with Crippen molar-refractivity contribution in [1.29, 1.82) is 0 Å². The smallest absolute Gasteiger partial charge is 0.141 e. The van der Waals surface area contributed by atoms with Gasteiger partial charge < -0.3 is 0 Å². The summed E-state index contributed by atoms with van der Waals surface area (Å²) in [4.78, 5) is 8.88. The maximum Gasteiger partial charge on any atom is 0.141 e. The molecule has 2 aromatic rings. The number of rotatable bonds is 2. The van der Waals surface area contributed by atoms with Gasteiger partial charge in [-0.2, -0.15) is 0 Å². The minimum atomic E-state index is 0.920. The zero-order valence-corrected chi connectivity index (χ0v) is 10.6. The molecule has 0 unspecified atom stereocenters. The van der Waals surface area contributed by atoms with Gasteiger partial charge in [-0.1, -0.05) is 36.4 Å². The minimum absolute atomic E-state index is 0.920. The van der Waals surface area contributed by atoms with E-state index in [1.165, 1.54) is 5.57 Å². The SMILES string of the molecule is C1=CCC(C(=Nc2ccccc2)n2ccnc2)=CC1. The van der Waals surface area contributed by atoms with Gasteiger partial charge in [-0.3, -0.25) is 4.57 Å². The highest BCUT2D eigenvalue weighted by Crippen LogP contribution is 2.18. The number of aromatic nitrogens is 2.